The first-order chi connectivity index (χ1) is 25.1. The number of cyclic esters (lactones) is 1. The summed E-state index contributed by atoms with van der Waals surface area (Å²) in [6.07, 6.45) is 2.25. The van der Waals surface area contributed by atoms with Crippen LogP contribution in [0.3, 0.4) is 0 Å². The maximum atomic E-state index is 15.6. The van der Waals surface area contributed by atoms with Crippen LogP contribution in [-0.2, 0) is 35.7 Å². The van der Waals surface area contributed by atoms with Crippen LogP contribution in [0.25, 0.3) is 11.1 Å². The number of hydrogen-bond acceptors (Lipinski definition) is 9. The van der Waals surface area contributed by atoms with Gasteiger partial charge in [0, 0.05) is 18.3 Å². The van der Waals surface area contributed by atoms with Crippen molar-refractivity contribution in [2.24, 2.45) is 0 Å². The summed E-state index contributed by atoms with van der Waals surface area (Å²) in [5, 5.41) is 18.0. The number of amides is 2. The van der Waals surface area contributed by atoms with Crippen LogP contribution in [0.2, 0.25) is 19.6 Å². The summed E-state index contributed by atoms with van der Waals surface area (Å²) >= 11 is 0. The number of methoxy groups -OCH3 is 1. The van der Waals surface area contributed by atoms with E-state index in [9.17, 15) is 9.59 Å². The molecule has 0 bridgehead atoms. The van der Waals surface area contributed by atoms with Gasteiger partial charge in [0.1, 0.15) is 37.0 Å². The van der Waals surface area contributed by atoms with Crippen LogP contribution in [0.5, 0.6) is 5.75 Å². The van der Waals surface area contributed by atoms with Crippen LogP contribution >= 0.6 is 0 Å². The van der Waals surface area contributed by atoms with Crippen molar-refractivity contribution in [1.82, 2.24) is 34.9 Å². The van der Waals surface area contributed by atoms with Crippen LogP contribution in [0.1, 0.15) is 37.6 Å². The Labute approximate surface area is 309 Å². The predicted molar refractivity (Wildman–Crippen MR) is 200 cm³/mol. The van der Waals surface area contributed by atoms with Gasteiger partial charge in [-0.1, -0.05) is 66.5 Å². The van der Waals surface area contributed by atoms with E-state index in [0.717, 1.165) is 22.2 Å². The van der Waals surface area contributed by atoms with E-state index in [1.54, 1.807) is 51.8 Å². The summed E-state index contributed by atoms with van der Waals surface area (Å²) in [6.45, 7) is 13.6. The molecule has 3 heterocycles. The van der Waals surface area contributed by atoms with E-state index in [4.69, 9.17) is 14.2 Å². The smallest absolute Gasteiger partial charge is 0.414 e. The van der Waals surface area contributed by atoms with Crippen molar-refractivity contribution in [2.45, 2.75) is 78.3 Å². The van der Waals surface area contributed by atoms with Gasteiger partial charge < -0.3 is 14.2 Å². The number of ether oxygens (including phenoxy) is 3. The fraction of sp³-hybridized carbons (Fsp3) is 0.368. The first-order valence-electron chi connectivity index (χ1n) is 17.4. The van der Waals surface area contributed by atoms with E-state index in [0.29, 0.717) is 35.6 Å². The second kappa shape index (κ2) is 15.2. The SMILES string of the molecule is COc1ccc(Cn2cc(CN(Cc3ccc(-c4ccc(N5CC(Cn6cc([Si](C)(C)C)nn6)OC5=O)cc4F)cc3)C(=O)OC(C)(C)C)nn2)cc1. The van der Waals surface area contributed by atoms with Crippen molar-refractivity contribution in [1.29, 1.82) is 0 Å². The average Bonchev–Trinajstić information content (AvgIpc) is 3.85. The lowest BCUT2D eigenvalue weighted by Crippen LogP contribution is -2.38. The van der Waals surface area contributed by atoms with Crippen molar-refractivity contribution in [3.05, 3.63) is 102 Å². The molecule has 1 aliphatic rings. The zero-order valence-electron chi connectivity index (χ0n) is 31.1. The molecular formula is C38H45FN8O5Si. The highest BCUT2D eigenvalue weighted by Gasteiger charge is 2.34. The summed E-state index contributed by atoms with van der Waals surface area (Å²) in [7, 11) is 0.00349. The summed E-state index contributed by atoms with van der Waals surface area (Å²) in [4.78, 5) is 29.1. The number of anilines is 1. The molecule has 5 aromatic rings. The number of carbonyl (C=O) groups is 2. The van der Waals surface area contributed by atoms with Crippen LogP contribution in [0.4, 0.5) is 19.7 Å². The van der Waals surface area contributed by atoms with Crippen LogP contribution in [0, 0.1) is 5.82 Å². The van der Waals surface area contributed by atoms with Crippen molar-refractivity contribution in [2.75, 3.05) is 18.6 Å². The molecule has 0 saturated carbocycles. The Morgan fingerprint density at radius 2 is 1.64 bits per heavy atom. The molecule has 6 rings (SSSR count). The molecule has 13 nitrogen and oxygen atoms in total. The lowest BCUT2D eigenvalue weighted by Gasteiger charge is -2.27. The second-order valence-corrected chi connectivity index (χ2v) is 20.2. The Morgan fingerprint density at radius 1 is 0.943 bits per heavy atom. The van der Waals surface area contributed by atoms with Gasteiger partial charge in [0.05, 0.1) is 50.5 Å². The van der Waals surface area contributed by atoms with Crippen LogP contribution < -0.4 is 15.0 Å². The van der Waals surface area contributed by atoms with E-state index >= 15 is 4.39 Å². The Bertz CT molecular complexity index is 2050. The molecule has 2 amide bonds. The molecule has 0 spiro atoms. The minimum absolute atomic E-state index is 0.174. The molecule has 15 heteroatoms. The van der Waals surface area contributed by atoms with Gasteiger partial charge in [-0.3, -0.25) is 9.80 Å². The topological polar surface area (TPSA) is 130 Å². The number of halogens is 1. The Hall–Kier alpha value is -5.57. The summed E-state index contributed by atoms with van der Waals surface area (Å²) < 4.78 is 35.5. The van der Waals surface area contributed by atoms with E-state index in [1.165, 1.54) is 11.0 Å². The molecule has 2 aromatic heterocycles. The first kappa shape index (κ1) is 37.2. The molecule has 1 fully saturated rings. The quantitative estimate of drug-likeness (QED) is 0.137. The average molecular weight is 741 g/mol. The van der Waals surface area contributed by atoms with Gasteiger partial charge in [-0.25, -0.2) is 23.3 Å². The molecule has 0 aliphatic carbocycles. The fourth-order valence-corrected chi connectivity index (χ4v) is 6.68. The van der Waals surface area contributed by atoms with E-state index in [-0.39, 0.29) is 19.6 Å². The van der Waals surface area contributed by atoms with Crippen LogP contribution in [0.15, 0.2) is 79.1 Å². The molecule has 1 unspecified atom stereocenters. The van der Waals surface area contributed by atoms with Gasteiger partial charge in [-0.05, 0) is 67.8 Å². The minimum atomic E-state index is -1.62. The van der Waals surface area contributed by atoms with Gasteiger partial charge in [-0.2, -0.15) is 0 Å². The van der Waals surface area contributed by atoms with Crippen molar-refractivity contribution in [3.8, 4) is 16.9 Å². The van der Waals surface area contributed by atoms with Gasteiger partial charge in [0.15, 0.2) is 0 Å². The molecule has 0 N–H and O–H groups in total. The second-order valence-electron chi connectivity index (χ2n) is 15.1. The standard InChI is InChI=1S/C38H45FN8O5Si/c1-38(2,3)52-36(48)44(21-29-22-45(42-40-29)20-27-10-15-31(50-4)16-11-27)19-26-8-12-28(13-9-26)33-17-14-30(18-34(33)39)47-24-32(51-37(47)49)23-46-25-35(41-43-46)53(5,6)7/h8-18,22,25,32H,19-21,23-24H2,1-7H3. The zero-order valence-corrected chi connectivity index (χ0v) is 32.1. The molecule has 1 atom stereocenters. The molecule has 3 aromatic carbocycles. The van der Waals surface area contributed by atoms with E-state index < -0.39 is 37.8 Å². The third-order valence-corrected chi connectivity index (χ3v) is 10.3. The molecule has 0 radical (unpaired) electrons. The number of carbonyl (C=O) groups excluding carboxylic acids is 2. The Balaban J connectivity index is 1.11. The Morgan fingerprint density at radius 3 is 2.28 bits per heavy atom. The zero-order chi connectivity index (χ0) is 37.9. The van der Waals surface area contributed by atoms with Crippen molar-refractivity contribution < 1.29 is 28.2 Å². The largest absolute Gasteiger partial charge is 0.497 e. The summed E-state index contributed by atoms with van der Waals surface area (Å²) in [5.41, 5.74) is 3.18. The van der Waals surface area contributed by atoms with Crippen molar-refractivity contribution in [3.63, 3.8) is 0 Å². The lowest BCUT2D eigenvalue weighted by atomic mass is 10.0. The predicted octanol–water partition coefficient (Wildman–Crippen LogP) is 6.24. The fourth-order valence-electron chi connectivity index (χ4n) is 5.80. The number of rotatable bonds is 12. The number of nitrogens with zero attached hydrogens (tertiary/aromatic N) is 8. The number of hydrogen-bond donors (Lipinski definition) is 0. The highest BCUT2D eigenvalue weighted by molar-refractivity contribution is 6.88. The van der Waals surface area contributed by atoms with E-state index in [1.807, 2.05) is 63.4 Å². The van der Waals surface area contributed by atoms with Gasteiger partial charge in [0.25, 0.3) is 0 Å². The monoisotopic (exact) mass is 740 g/mol. The highest BCUT2D eigenvalue weighted by Crippen LogP contribution is 2.30. The molecule has 278 valence electrons. The number of aromatic nitrogens is 6. The highest BCUT2D eigenvalue weighted by atomic mass is 28.3. The summed E-state index contributed by atoms with van der Waals surface area (Å²) in [5.74, 6) is 0.295. The molecule has 1 saturated heterocycles. The number of benzene rings is 3. The molecule has 1 aliphatic heterocycles. The van der Waals surface area contributed by atoms with Crippen LogP contribution in [-0.4, -0.2) is 80.5 Å². The van der Waals surface area contributed by atoms with Gasteiger partial charge in [-0.15, -0.1) is 10.2 Å². The normalized spacial score (nSPS) is 14.7. The third kappa shape index (κ3) is 9.46. The Kier molecular flexibility index (Phi) is 10.7. The lowest BCUT2D eigenvalue weighted by molar-refractivity contribution is 0.0214. The molecular weight excluding hydrogens is 696 g/mol. The van der Waals surface area contributed by atoms with Crippen molar-refractivity contribution >= 4 is 31.3 Å². The van der Waals surface area contributed by atoms with E-state index in [2.05, 4.69) is 40.3 Å². The maximum Gasteiger partial charge on any atom is 0.414 e. The maximum absolute atomic E-state index is 15.6. The third-order valence-electron chi connectivity index (χ3n) is 8.57. The molecule has 53 heavy (non-hydrogen) atoms. The van der Waals surface area contributed by atoms with Gasteiger partial charge >= 0.3 is 12.2 Å². The van der Waals surface area contributed by atoms with Gasteiger partial charge in [0.2, 0.25) is 0 Å². The minimum Gasteiger partial charge on any atom is -0.497 e. The summed E-state index contributed by atoms with van der Waals surface area (Å²) in [6, 6.07) is 19.7. The first-order valence-corrected chi connectivity index (χ1v) is 20.9.